The number of carbonyl (C=O) groups excluding carboxylic acids is 1. The molecule has 22 heavy (non-hydrogen) atoms. The molecule has 1 amide bonds. The van der Waals surface area contributed by atoms with Crippen molar-refractivity contribution in [2.24, 2.45) is 0 Å². The molecule has 0 aliphatic carbocycles. The van der Waals surface area contributed by atoms with Crippen molar-refractivity contribution in [1.29, 1.82) is 0 Å². The Kier molecular flexibility index (Phi) is 3.94. The van der Waals surface area contributed by atoms with Crippen molar-refractivity contribution < 1.29 is 9.53 Å². The fourth-order valence-electron chi connectivity index (χ4n) is 2.57. The molecule has 0 spiro atoms. The number of rotatable bonds is 2. The molecule has 5 heteroatoms. The second-order valence-corrected chi connectivity index (χ2v) is 7.18. The molecule has 2 heterocycles. The van der Waals surface area contributed by atoms with Crippen LogP contribution in [0.5, 0.6) is 0 Å². The summed E-state index contributed by atoms with van der Waals surface area (Å²) < 4.78 is 7.38. The number of carbonyl (C=O) groups is 1. The van der Waals surface area contributed by atoms with Crippen LogP contribution in [0, 0.1) is 13.8 Å². The summed E-state index contributed by atoms with van der Waals surface area (Å²) in [5.74, 6) is 0.787. The second-order valence-electron chi connectivity index (χ2n) is 7.18. The highest BCUT2D eigenvalue weighted by molar-refractivity contribution is 5.69. The van der Waals surface area contributed by atoms with Gasteiger partial charge in [0.15, 0.2) is 0 Å². The number of hydrogen-bond acceptors (Lipinski definition) is 3. The van der Waals surface area contributed by atoms with Crippen LogP contribution in [0.4, 0.5) is 4.79 Å². The van der Waals surface area contributed by atoms with E-state index in [1.54, 1.807) is 0 Å². The smallest absolute Gasteiger partial charge is 0.408 e. The van der Waals surface area contributed by atoms with Gasteiger partial charge in [0.1, 0.15) is 11.4 Å². The highest BCUT2D eigenvalue weighted by Crippen LogP contribution is 2.25. The molecule has 0 unspecified atom stereocenters. The van der Waals surface area contributed by atoms with Crippen molar-refractivity contribution in [1.82, 2.24) is 14.7 Å². The first-order chi connectivity index (χ1) is 10.0. The van der Waals surface area contributed by atoms with E-state index in [-0.39, 0.29) is 0 Å². The van der Waals surface area contributed by atoms with Crippen LogP contribution in [-0.4, -0.2) is 21.1 Å². The number of nitrogens with zero attached hydrogens (tertiary/aromatic N) is 2. The van der Waals surface area contributed by atoms with Crippen LogP contribution in [0.15, 0.2) is 18.3 Å². The first-order valence-electron chi connectivity index (χ1n) is 7.47. The van der Waals surface area contributed by atoms with Gasteiger partial charge in [-0.05, 0) is 60.1 Å². The summed E-state index contributed by atoms with van der Waals surface area (Å²) >= 11 is 0. The van der Waals surface area contributed by atoms with Crippen molar-refractivity contribution in [3.8, 4) is 0 Å². The Morgan fingerprint density at radius 1 is 1.23 bits per heavy atom. The average Bonchev–Trinajstić information content (AvgIpc) is 2.65. The van der Waals surface area contributed by atoms with Crippen LogP contribution < -0.4 is 5.32 Å². The molecule has 2 aromatic heterocycles. The summed E-state index contributed by atoms with van der Waals surface area (Å²) in [7, 11) is 0. The SMILES string of the molecule is Cc1cccn2c(C(C)(C)NC(=O)OC(C)(C)C)nc(C)c12. The Balaban J connectivity index is 2.38. The van der Waals surface area contributed by atoms with Gasteiger partial charge < -0.3 is 14.5 Å². The Morgan fingerprint density at radius 3 is 2.45 bits per heavy atom. The lowest BCUT2D eigenvalue weighted by atomic mass is 10.1. The molecule has 0 aliphatic rings. The maximum absolute atomic E-state index is 12.1. The first-order valence-corrected chi connectivity index (χ1v) is 7.47. The lowest BCUT2D eigenvalue weighted by molar-refractivity contribution is 0.0465. The number of hydrogen-bond donors (Lipinski definition) is 1. The van der Waals surface area contributed by atoms with E-state index in [9.17, 15) is 4.79 Å². The van der Waals surface area contributed by atoms with E-state index >= 15 is 0 Å². The predicted molar refractivity (Wildman–Crippen MR) is 87.1 cm³/mol. The van der Waals surface area contributed by atoms with Gasteiger partial charge in [0.2, 0.25) is 0 Å². The van der Waals surface area contributed by atoms with Crippen molar-refractivity contribution in [3.63, 3.8) is 0 Å². The zero-order valence-electron chi connectivity index (χ0n) is 14.4. The molecule has 120 valence electrons. The summed E-state index contributed by atoms with van der Waals surface area (Å²) in [5.41, 5.74) is 2.02. The minimum Gasteiger partial charge on any atom is -0.444 e. The lowest BCUT2D eigenvalue weighted by Crippen LogP contribution is -2.44. The van der Waals surface area contributed by atoms with Crippen molar-refractivity contribution >= 4 is 11.6 Å². The molecule has 0 fully saturated rings. The molecule has 0 aromatic carbocycles. The number of aromatic nitrogens is 2. The zero-order chi connectivity index (χ0) is 16.7. The quantitative estimate of drug-likeness (QED) is 0.920. The summed E-state index contributed by atoms with van der Waals surface area (Å²) in [5, 5.41) is 2.91. The largest absolute Gasteiger partial charge is 0.444 e. The third-order valence-corrected chi connectivity index (χ3v) is 3.41. The van der Waals surface area contributed by atoms with Gasteiger partial charge in [-0.3, -0.25) is 0 Å². The van der Waals surface area contributed by atoms with Crippen LogP contribution >= 0.6 is 0 Å². The summed E-state index contributed by atoms with van der Waals surface area (Å²) in [6, 6.07) is 4.04. The fraction of sp³-hybridized carbons (Fsp3) is 0.529. The van der Waals surface area contributed by atoms with Crippen molar-refractivity contribution in [3.05, 3.63) is 35.4 Å². The number of fused-ring (bicyclic) bond motifs is 1. The van der Waals surface area contributed by atoms with E-state index in [1.165, 1.54) is 0 Å². The molecular formula is C17H25N3O2. The van der Waals surface area contributed by atoms with Gasteiger partial charge in [0.05, 0.1) is 16.7 Å². The third kappa shape index (κ3) is 3.24. The van der Waals surface area contributed by atoms with Gasteiger partial charge >= 0.3 is 6.09 Å². The zero-order valence-corrected chi connectivity index (χ0v) is 14.4. The van der Waals surface area contributed by atoms with Crippen molar-refractivity contribution in [2.45, 2.75) is 59.6 Å². The maximum atomic E-state index is 12.1. The predicted octanol–water partition coefficient (Wildman–Crippen LogP) is 3.71. The fourth-order valence-corrected chi connectivity index (χ4v) is 2.57. The number of amides is 1. The molecule has 1 N–H and O–H groups in total. The molecule has 5 nitrogen and oxygen atoms in total. The number of pyridine rings is 1. The van der Waals surface area contributed by atoms with Gasteiger partial charge in [0.25, 0.3) is 0 Å². The Labute approximate surface area is 131 Å². The molecule has 0 radical (unpaired) electrons. The van der Waals surface area contributed by atoms with Gasteiger partial charge in [-0.2, -0.15) is 0 Å². The van der Waals surface area contributed by atoms with Gasteiger partial charge in [-0.1, -0.05) is 6.07 Å². The van der Waals surface area contributed by atoms with E-state index in [1.807, 2.05) is 58.2 Å². The number of nitrogens with one attached hydrogen (secondary N) is 1. The summed E-state index contributed by atoms with van der Waals surface area (Å²) in [6.07, 6.45) is 1.52. The van der Waals surface area contributed by atoms with Gasteiger partial charge in [-0.25, -0.2) is 9.78 Å². The number of aryl methyl sites for hydroxylation is 2. The van der Waals surface area contributed by atoms with Crippen LogP contribution in [-0.2, 0) is 10.3 Å². The lowest BCUT2D eigenvalue weighted by Gasteiger charge is -2.27. The van der Waals surface area contributed by atoms with E-state index in [4.69, 9.17) is 4.74 Å². The normalized spacial score (nSPS) is 12.5. The minimum absolute atomic E-state index is 0.445. The van der Waals surface area contributed by atoms with Gasteiger partial charge in [0, 0.05) is 6.20 Å². The van der Waals surface area contributed by atoms with Crippen molar-refractivity contribution in [2.75, 3.05) is 0 Å². The molecule has 0 saturated carbocycles. The molecule has 0 saturated heterocycles. The topological polar surface area (TPSA) is 55.6 Å². The molecule has 2 aromatic rings. The number of alkyl carbamates (subject to hydrolysis) is 1. The molecule has 2 rings (SSSR count). The first kappa shape index (κ1) is 16.3. The van der Waals surface area contributed by atoms with E-state index in [2.05, 4.69) is 23.3 Å². The van der Waals surface area contributed by atoms with Crippen LogP contribution in [0.1, 0.15) is 51.7 Å². The Bertz CT molecular complexity index is 708. The standard InChI is InChI=1S/C17H25N3O2/c1-11-9-8-10-20-13(11)12(2)18-14(20)17(6,7)19-15(21)22-16(3,4)5/h8-10H,1-7H3,(H,19,21). The third-order valence-electron chi connectivity index (χ3n) is 3.41. The molecule has 0 bridgehead atoms. The minimum atomic E-state index is -0.646. The summed E-state index contributed by atoms with van der Waals surface area (Å²) in [6.45, 7) is 13.4. The Hall–Kier alpha value is -2.04. The maximum Gasteiger partial charge on any atom is 0.408 e. The Morgan fingerprint density at radius 2 is 1.86 bits per heavy atom. The average molecular weight is 303 g/mol. The number of ether oxygens (including phenoxy) is 1. The second kappa shape index (κ2) is 5.30. The molecular weight excluding hydrogens is 278 g/mol. The highest BCUT2D eigenvalue weighted by Gasteiger charge is 2.30. The van der Waals surface area contributed by atoms with E-state index < -0.39 is 17.2 Å². The van der Waals surface area contributed by atoms with Crippen LogP contribution in [0.3, 0.4) is 0 Å². The molecule has 0 atom stereocenters. The van der Waals surface area contributed by atoms with E-state index in [0.29, 0.717) is 0 Å². The van der Waals surface area contributed by atoms with Gasteiger partial charge in [-0.15, -0.1) is 0 Å². The molecule has 0 aliphatic heterocycles. The van der Waals surface area contributed by atoms with E-state index in [0.717, 1.165) is 22.6 Å². The van der Waals surface area contributed by atoms with Crippen LogP contribution in [0.25, 0.3) is 5.52 Å². The van der Waals surface area contributed by atoms with Crippen LogP contribution in [0.2, 0.25) is 0 Å². The number of imidazole rings is 1. The summed E-state index contributed by atoms with van der Waals surface area (Å²) in [4.78, 5) is 16.8. The highest BCUT2D eigenvalue weighted by atomic mass is 16.6. The monoisotopic (exact) mass is 303 g/mol.